The molecule has 0 spiro atoms. The van der Waals surface area contributed by atoms with Crippen LogP contribution in [0.4, 0.5) is 0 Å². The maximum Gasteiger partial charge on any atom is 0.326 e. The molecule has 4 aromatic carbocycles. The molecule has 0 radical (unpaired) electrons. The van der Waals surface area contributed by atoms with Crippen LogP contribution in [0.15, 0.2) is 121 Å². The maximum atomic E-state index is 13.3. The molecule has 0 aliphatic rings. The fraction of sp³-hybridized carbons (Fsp3) is 0.167. The minimum Gasteiger partial charge on any atom is -0.460 e. The van der Waals surface area contributed by atoms with Crippen molar-refractivity contribution in [2.45, 2.75) is 31.2 Å². The molecule has 2 atom stereocenters. The van der Waals surface area contributed by atoms with Gasteiger partial charge in [-0.2, -0.15) is 0 Å². The van der Waals surface area contributed by atoms with Crippen molar-refractivity contribution < 1.29 is 14.6 Å². The van der Waals surface area contributed by atoms with E-state index < -0.39 is 23.7 Å². The summed E-state index contributed by atoms with van der Waals surface area (Å²) in [6.45, 7) is 1.74. The number of aliphatic hydroxyl groups is 1. The summed E-state index contributed by atoms with van der Waals surface area (Å²) in [7, 11) is 0. The molecule has 4 aromatic rings. The second-order valence-electron chi connectivity index (χ2n) is 8.30. The predicted octanol–water partition coefficient (Wildman–Crippen LogP) is 5.06. The molecule has 0 aliphatic carbocycles. The largest absolute Gasteiger partial charge is 0.460 e. The van der Waals surface area contributed by atoms with E-state index in [-0.39, 0.29) is 6.61 Å². The third-order valence-electron chi connectivity index (χ3n) is 5.95. The summed E-state index contributed by atoms with van der Waals surface area (Å²) in [5.41, 5.74) is 2.86. The number of benzene rings is 4. The van der Waals surface area contributed by atoms with Crippen LogP contribution in [-0.4, -0.2) is 23.2 Å². The first-order valence-electron chi connectivity index (χ1n) is 11.4. The summed E-state index contributed by atoms with van der Waals surface area (Å²) in [5.74, 6) is -0.508. The highest BCUT2D eigenvalue weighted by Crippen LogP contribution is 2.37. The van der Waals surface area contributed by atoms with Gasteiger partial charge in [0.2, 0.25) is 0 Å². The number of carbonyl (C=O) groups excluding carboxylic acids is 1. The Morgan fingerprint density at radius 2 is 1.12 bits per heavy atom. The zero-order chi connectivity index (χ0) is 23.8. The zero-order valence-electron chi connectivity index (χ0n) is 19.2. The van der Waals surface area contributed by atoms with Gasteiger partial charge in [-0.3, -0.25) is 10.1 Å². The van der Waals surface area contributed by atoms with Gasteiger partial charge in [0.25, 0.3) is 0 Å². The number of carbonyl (C=O) groups is 1. The van der Waals surface area contributed by atoms with Gasteiger partial charge in [-0.15, -0.1) is 0 Å². The third kappa shape index (κ3) is 5.09. The monoisotopic (exact) mass is 451 g/mol. The van der Waals surface area contributed by atoms with Crippen LogP contribution < -0.4 is 5.32 Å². The van der Waals surface area contributed by atoms with E-state index in [0.717, 1.165) is 22.3 Å². The van der Waals surface area contributed by atoms with Crippen molar-refractivity contribution >= 4 is 5.97 Å². The Morgan fingerprint density at radius 3 is 1.50 bits per heavy atom. The molecule has 34 heavy (non-hydrogen) atoms. The van der Waals surface area contributed by atoms with Crippen LogP contribution in [-0.2, 0) is 21.7 Å². The van der Waals surface area contributed by atoms with E-state index in [1.54, 1.807) is 6.92 Å². The van der Waals surface area contributed by atoms with E-state index in [9.17, 15) is 9.90 Å². The van der Waals surface area contributed by atoms with Crippen molar-refractivity contribution in [2.24, 2.45) is 0 Å². The predicted molar refractivity (Wildman–Crippen MR) is 134 cm³/mol. The Kier molecular flexibility index (Phi) is 7.53. The van der Waals surface area contributed by atoms with Gasteiger partial charge in [0.15, 0.2) is 0 Å². The SMILES string of the molecule is C[C@@H](O)[C@H](NC(c1ccccc1)(c1ccccc1)c1ccccc1)C(=O)OCc1ccccc1. The molecule has 0 aliphatic heterocycles. The second kappa shape index (κ2) is 10.9. The summed E-state index contributed by atoms with van der Waals surface area (Å²) < 4.78 is 5.64. The molecule has 0 fully saturated rings. The van der Waals surface area contributed by atoms with Gasteiger partial charge < -0.3 is 9.84 Å². The van der Waals surface area contributed by atoms with Crippen molar-refractivity contribution in [3.63, 3.8) is 0 Å². The minimum atomic E-state index is -0.987. The number of hydrogen-bond acceptors (Lipinski definition) is 4. The lowest BCUT2D eigenvalue weighted by atomic mass is 9.76. The average molecular weight is 452 g/mol. The number of esters is 1. The summed E-state index contributed by atoms with van der Waals surface area (Å²) in [5, 5.41) is 14.2. The Balaban J connectivity index is 1.78. The van der Waals surface area contributed by atoms with E-state index in [1.165, 1.54) is 0 Å². The van der Waals surface area contributed by atoms with Crippen LogP contribution in [0.2, 0.25) is 0 Å². The molecule has 0 amide bonds. The topological polar surface area (TPSA) is 58.6 Å². The van der Waals surface area contributed by atoms with Crippen molar-refractivity contribution in [1.29, 1.82) is 0 Å². The molecule has 0 saturated heterocycles. The molecule has 4 heteroatoms. The maximum absolute atomic E-state index is 13.3. The Labute approximate surface area is 200 Å². The minimum absolute atomic E-state index is 0.138. The lowest BCUT2D eigenvalue weighted by Crippen LogP contribution is -2.56. The van der Waals surface area contributed by atoms with Gasteiger partial charge in [-0.05, 0) is 29.2 Å². The highest BCUT2D eigenvalue weighted by molar-refractivity contribution is 5.77. The number of hydrogen-bond donors (Lipinski definition) is 2. The first-order chi connectivity index (χ1) is 16.6. The normalized spacial score (nSPS) is 13.1. The van der Waals surface area contributed by atoms with Gasteiger partial charge in [0.1, 0.15) is 12.6 Å². The van der Waals surface area contributed by atoms with Gasteiger partial charge in [0, 0.05) is 0 Å². The van der Waals surface area contributed by atoms with Gasteiger partial charge in [-0.1, -0.05) is 121 Å². The molecule has 2 N–H and O–H groups in total. The van der Waals surface area contributed by atoms with Gasteiger partial charge in [0.05, 0.1) is 11.6 Å². The summed E-state index contributed by atoms with van der Waals surface area (Å²) in [4.78, 5) is 13.3. The van der Waals surface area contributed by atoms with Crippen LogP contribution >= 0.6 is 0 Å². The van der Waals surface area contributed by atoms with Crippen LogP contribution in [0.5, 0.6) is 0 Å². The molecule has 0 bridgehead atoms. The van der Waals surface area contributed by atoms with E-state index in [4.69, 9.17) is 4.74 Å². The first-order valence-corrected chi connectivity index (χ1v) is 11.4. The van der Waals surface area contributed by atoms with Crippen LogP contribution in [0.3, 0.4) is 0 Å². The fourth-order valence-electron chi connectivity index (χ4n) is 4.24. The average Bonchev–Trinajstić information content (AvgIpc) is 2.90. The summed E-state index contributed by atoms with van der Waals surface area (Å²) in [6.07, 6.45) is -0.987. The highest BCUT2D eigenvalue weighted by atomic mass is 16.5. The quantitative estimate of drug-likeness (QED) is 0.276. The second-order valence-corrected chi connectivity index (χ2v) is 8.30. The lowest BCUT2D eigenvalue weighted by Gasteiger charge is -2.40. The van der Waals surface area contributed by atoms with Crippen molar-refractivity contribution in [1.82, 2.24) is 5.32 Å². The Hall–Kier alpha value is -3.73. The van der Waals surface area contributed by atoms with E-state index in [1.807, 2.05) is 121 Å². The van der Waals surface area contributed by atoms with Crippen LogP contribution in [0, 0.1) is 0 Å². The number of aliphatic hydroxyl groups excluding tert-OH is 1. The number of nitrogens with one attached hydrogen (secondary N) is 1. The summed E-state index contributed by atoms with van der Waals surface area (Å²) in [6, 6.07) is 38.5. The molecule has 0 unspecified atom stereocenters. The zero-order valence-corrected chi connectivity index (χ0v) is 19.2. The standard InChI is InChI=1S/C30H29NO3/c1-23(32)28(29(33)34-22-24-14-6-2-7-15-24)31-30(25-16-8-3-9-17-25,26-18-10-4-11-19-26)27-20-12-5-13-21-27/h2-21,23,28,31-32H,22H2,1H3/t23-,28+/m1/s1. The van der Waals surface area contributed by atoms with Crippen molar-refractivity contribution in [3.8, 4) is 0 Å². The van der Waals surface area contributed by atoms with Gasteiger partial charge >= 0.3 is 5.97 Å². The fourth-order valence-corrected chi connectivity index (χ4v) is 4.24. The molecule has 0 aromatic heterocycles. The highest BCUT2D eigenvalue weighted by Gasteiger charge is 2.41. The van der Waals surface area contributed by atoms with E-state index in [2.05, 4.69) is 5.32 Å². The molecular weight excluding hydrogens is 422 g/mol. The molecule has 0 heterocycles. The van der Waals surface area contributed by atoms with Crippen molar-refractivity contribution in [2.75, 3.05) is 0 Å². The molecule has 4 nitrogen and oxygen atoms in total. The third-order valence-corrected chi connectivity index (χ3v) is 5.95. The van der Waals surface area contributed by atoms with Crippen LogP contribution in [0.1, 0.15) is 29.2 Å². The van der Waals surface area contributed by atoms with Crippen LogP contribution in [0.25, 0.3) is 0 Å². The molecule has 0 saturated carbocycles. The number of ether oxygens (including phenoxy) is 1. The molecular formula is C30H29NO3. The lowest BCUT2D eigenvalue weighted by molar-refractivity contribution is -0.150. The molecule has 172 valence electrons. The molecule has 4 rings (SSSR count). The Morgan fingerprint density at radius 1 is 0.735 bits per heavy atom. The number of rotatable bonds is 9. The Bertz CT molecular complexity index is 1070. The van der Waals surface area contributed by atoms with E-state index >= 15 is 0 Å². The first kappa shape index (κ1) is 23.4. The van der Waals surface area contributed by atoms with Crippen molar-refractivity contribution in [3.05, 3.63) is 144 Å². The van der Waals surface area contributed by atoms with E-state index in [0.29, 0.717) is 0 Å². The van der Waals surface area contributed by atoms with Gasteiger partial charge in [-0.25, -0.2) is 0 Å². The smallest absolute Gasteiger partial charge is 0.326 e. The summed E-state index contributed by atoms with van der Waals surface area (Å²) >= 11 is 0.